The molecule has 0 bridgehead atoms. The summed E-state index contributed by atoms with van der Waals surface area (Å²) in [6, 6.07) is 6.11. The lowest BCUT2D eigenvalue weighted by Crippen LogP contribution is -2.55. The van der Waals surface area contributed by atoms with Gasteiger partial charge in [-0.05, 0) is 55.6 Å². The number of halogens is 1. The lowest BCUT2D eigenvalue weighted by atomic mass is 9.94. The highest BCUT2D eigenvalue weighted by Gasteiger charge is 2.52. The standard InChI is InChI=1S/C20H30ClNO4Si/c1-13(26-27(5,6)19(2,3)4)16(17(23)24)22-18(25)20(10-11-20)14-8-7-9-15(21)12-14/h7-9,12-13,16H,10-11H2,1-6H3,(H,22,25)(H,23,24)/t13?,16-/m0/s1. The lowest BCUT2D eigenvalue weighted by molar-refractivity contribution is -0.144. The molecule has 1 saturated carbocycles. The minimum Gasteiger partial charge on any atom is -0.480 e. The summed E-state index contributed by atoms with van der Waals surface area (Å²) in [6.07, 6.45) is 0.744. The van der Waals surface area contributed by atoms with Gasteiger partial charge in [0.1, 0.15) is 0 Å². The molecule has 5 nitrogen and oxygen atoms in total. The topological polar surface area (TPSA) is 75.6 Å². The maximum absolute atomic E-state index is 13.0. The van der Waals surface area contributed by atoms with Gasteiger partial charge in [0.2, 0.25) is 5.91 Å². The lowest BCUT2D eigenvalue weighted by Gasteiger charge is -2.39. The van der Waals surface area contributed by atoms with E-state index < -0.39 is 31.8 Å². The molecule has 27 heavy (non-hydrogen) atoms. The summed E-state index contributed by atoms with van der Waals surface area (Å²) in [5.74, 6) is -1.36. The molecule has 0 radical (unpaired) electrons. The predicted octanol–water partition coefficient (Wildman–Crippen LogP) is 4.35. The molecule has 1 aliphatic carbocycles. The predicted molar refractivity (Wildman–Crippen MR) is 110 cm³/mol. The molecule has 1 aromatic rings. The fourth-order valence-corrected chi connectivity index (χ4v) is 4.54. The van der Waals surface area contributed by atoms with Crippen LogP contribution in [0.25, 0.3) is 0 Å². The quantitative estimate of drug-likeness (QED) is 0.654. The van der Waals surface area contributed by atoms with Crippen molar-refractivity contribution in [2.24, 2.45) is 0 Å². The van der Waals surface area contributed by atoms with Gasteiger partial charge < -0.3 is 14.8 Å². The number of rotatable bonds is 7. The zero-order chi connectivity index (χ0) is 20.6. The van der Waals surface area contributed by atoms with Crippen molar-refractivity contribution in [2.45, 2.75) is 76.2 Å². The number of hydrogen-bond donors (Lipinski definition) is 2. The van der Waals surface area contributed by atoms with Crippen LogP contribution in [-0.4, -0.2) is 37.4 Å². The molecule has 7 heteroatoms. The number of carboxylic acid groups (broad SMARTS) is 1. The molecule has 1 unspecified atom stereocenters. The first-order valence-electron chi connectivity index (χ1n) is 9.28. The molecule has 0 heterocycles. The Kier molecular flexibility index (Phi) is 6.14. The van der Waals surface area contributed by atoms with Gasteiger partial charge in [0, 0.05) is 5.02 Å². The highest BCUT2D eigenvalue weighted by molar-refractivity contribution is 6.74. The van der Waals surface area contributed by atoms with Crippen LogP contribution in [0, 0.1) is 0 Å². The van der Waals surface area contributed by atoms with E-state index in [1.54, 1.807) is 19.1 Å². The van der Waals surface area contributed by atoms with Crippen molar-refractivity contribution in [3.8, 4) is 0 Å². The molecule has 2 N–H and O–H groups in total. The van der Waals surface area contributed by atoms with Crippen molar-refractivity contribution in [3.05, 3.63) is 34.9 Å². The number of nitrogens with one attached hydrogen (secondary N) is 1. The minimum absolute atomic E-state index is 0.0488. The molecule has 1 aliphatic rings. The zero-order valence-corrected chi connectivity index (χ0v) is 18.7. The summed E-state index contributed by atoms with van der Waals surface area (Å²) < 4.78 is 6.21. The van der Waals surface area contributed by atoms with Gasteiger partial charge in [-0.3, -0.25) is 4.79 Å². The smallest absolute Gasteiger partial charge is 0.328 e. The maximum atomic E-state index is 13.0. The Hall–Kier alpha value is -1.37. The average molecular weight is 412 g/mol. The Morgan fingerprint density at radius 3 is 2.33 bits per heavy atom. The number of carbonyl (C=O) groups excluding carboxylic acids is 1. The van der Waals surface area contributed by atoms with Gasteiger partial charge in [-0.15, -0.1) is 0 Å². The van der Waals surface area contributed by atoms with Crippen molar-refractivity contribution in [3.63, 3.8) is 0 Å². The number of amides is 1. The van der Waals surface area contributed by atoms with Crippen LogP contribution < -0.4 is 5.32 Å². The third kappa shape index (κ3) is 4.73. The zero-order valence-electron chi connectivity index (χ0n) is 16.9. The SMILES string of the molecule is CC(O[Si](C)(C)C(C)(C)C)[C@H](NC(=O)C1(c2cccc(Cl)c2)CC1)C(=O)O. The van der Waals surface area contributed by atoms with Crippen molar-refractivity contribution < 1.29 is 19.1 Å². The summed E-state index contributed by atoms with van der Waals surface area (Å²) in [5, 5.41) is 12.9. The molecule has 2 rings (SSSR count). The van der Waals surface area contributed by atoms with Crippen LogP contribution in [0.5, 0.6) is 0 Å². The van der Waals surface area contributed by atoms with E-state index in [-0.39, 0.29) is 10.9 Å². The van der Waals surface area contributed by atoms with Gasteiger partial charge >= 0.3 is 5.97 Å². The summed E-state index contributed by atoms with van der Waals surface area (Å²) in [7, 11) is -2.16. The number of carbonyl (C=O) groups is 2. The first-order valence-corrected chi connectivity index (χ1v) is 12.6. The minimum atomic E-state index is -2.16. The van der Waals surface area contributed by atoms with Crippen LogP contribution in [0.4, 0.5) is 0 Å². The third-order valence-electron chi connectivity index (χ3n) is 5.87. The molecular weight excluding hydrogens is 382 g/mol. The van der Waals surface area contributed by atoms with Gasteiger partial charge in [-0.2, -0.15) is 0 Å². The molecule has 150 valence electrons. The fourth-order valence-electron chi connectivity index (χ4n) is 2.93. The Morgan fingerprint density at radius 1 is 1.30 bits per heavy atom. The number of benzene rings is 1. The Balaban J connectivity index is 2.16. The Labute approximate surface area is 167 Å². The maximum Gasteiger partial charge on any atom is 0.328 e. The monoisotopic (exact) mass is 411 g/mol. The van der Waals surface area contributed by atoms with Crippen LogP contribution in [0.15, 0.2) is 24.3 Å². The van der Waals surface area contributed by atoms with E-state index in [9.17, 15) is 14.7 Å². The highest BCUT2D eigenvalue weighted by Crippen LogP contribution is 2.49. The van der Waals surface area contributed by atoms with Crippen LogP contribution >= 0.6 is 11.6 Å². The largest absolute Gasteiger partial charge is 0.480 e. The van der Waals surface area contributed by atoms with Crippen molar-refractivity contribution in [1.29, 1.82) is 0 Å². The number of carboxylic acids is 1. The van der Waals surface area contributed by atoms with Crippen LogP contribution in [-0.2, 0) is 19.4 Å². The van der Waals surface area contributed by atoms with E-state index in [1.807, 2.05) is 12.1 Å². The van der Waals surface area contributed by atoms with Crippen molar-refractivity contribution in [2.75, 3.05) is 0 Å². The van der Waals surface area contributed by atoms with E-state index in [0.717, 1.165) is 5.56 Å². The first kappa shape index (κ1) is 21.9. The van der Waals surface area contributed by atoms with E-state index in [0.29, 0.717) is 17.9 Å². The second-order valence-electron chi connectivity index (χ2n) is 8.97. The van der Waals surface area contributed by atoms with Crippen LogP contribution in [0.3, 0.4) is 0 Å². The van der Waals surface area contributed by atoms with Gasteiger partial charge in [0.05, 0.1) is 11.5 Å². The molecule has 1 aromatic carbocycles. The normalized spacial score (nSPS) is 18.5. The summed E-state index contributed by atoms with van der Waals surface area (Å²) in [6.45, 7) is 12.1. The van der Waals surface area contributed by atoms with Crippen LogP contribution in [0.2, 0.25) is 23.2 Å². The van der Waals surface area contributed by atoms with Crippen LogP contribution in [0.1, 0.15) is 46.1 Å². The molecule has 1 amide bonds. The third-order valence-corrected chi connectivity index (χ3v) is 10.7. The Morgan fingerprint density at radius 2 is 1.89 bits per heavy atom. The van der Waals surface area contributed by atoms with E-state index in [1.165, 1.54) is 0 Å². The van der Waals surface area contributed by atoms with Gasteiger partial charge in [0.25, 0.3) is 0 Å². The second-order valence-corrected chi connectivity index (χ2v) is 14.2. The fraction of sp³-hybridized carbons (Fsp3) is 0.600. The Bertz CT molecular complexity index is 725. The summed E-state index contributed by atoms with van der Waals surface area (Å²) >= 11 is 6.06. The van der Waals surface area contributed by atoms with Crippen molar-refractivity contribution in [1.82, 2.24) is 5.32 Å². The molecular formula is C20H30ClNO4Si. The summed E-state index contributed by atoms with van der Waals surface area (Å²) in [4.78, 5) is 24.8. The summed E-state index contributed by atoms with van der Waals surface area (Å²) in [5.41, 5.74) is 0.143. The molecule has 1 fully saturated rings. The van der Waals surface area contributed by atoms with Gasteiger partial charge in [-0.1, -0.05) is 44.5 Å². The number of hydrogen-bond acceptors (Lipinski definition) is 3. The van der Waals surface area contributed by atoms with Gasteiger partial charge in [0.15, 0.2) is 14.4 Å². The number of aliphatic carboxylic acids is 1. The van der Waals surface area contributed by atoms with Crippen molar-refractivity contribution >= 4 is 31.8 Å². The van der Waals surface area contributed by atoms with E-state index in [2.05, 4.69) is 39.2 Å². The highest BCUT2D eigenvalue weighted by atomic mass is 35.5. The molecule has 0 aliphatic heterocycles. The second kappa shape index (κ2) is 7.57. The van der Waals surface area contributed by atoms with E-state index in [4.69, 9.17) is 16.0 Å². The average Bonchev–Trinajstić information content (AvgIpc) is 3.32. The molecule has 0 spiro atoms. The van der Waals surface area contributed by atoms with Gasteiger partial charge in [-0.25, -0.2) is 4.79 Å². The first-order chi connectivity index (χ1) is 12.3. The molecule has 0 aromatic heterocycles. The molecule has 2 atom stereocenters. The molecule has 0 saturated heterocycles. The van der Waals surface area contributed by atoms with E-state index >= 15 is 0 Å².